The molecule has 0 radical (unpaired) electrons. The first-order chi connectivity index (χ1) is 7.75. The first-order valence-corrected chi connectivity index (χ1v) is 4.64. The molecule has 0 spiro atoms. The Balaban J connectivity index is 0.00000144. The van der Waals surface area contributed by atoms with E-state index in [1.54, 1.807) is 18.2 Å². The fourth-order valence-electron chi connectivity index (χ4n) is 1.15. The number of carbonyl (C=O) groups excluding carboxylic acids is 1. The third-order valence-electron chi connectivity index (χ3n) is 1.91. The third kappa shape index (κ3) is 3.53. The Kier molecular flexibility index (Phi) is 4.60. The van der Waals surface area contributed by atoms with Gasteiger partial charge in [-0.2, -0.15) is 0 Å². The van der Waals surface area contributed by atoms with Crippen molar-refractivity contribution in [2.45, 2.75) is 0 Å². The van der Waals surface area contributed by atoms with Gasteiger partial charge in [-0.05, 0) is 30.3 Å². The predicted octanol–water partition coefficient (Wildman–Crippen LogP) is 2.86. The Morgan fingerprint density at radius 2 is 1.82 bits per heavy atom. The number of esters is 1. The Morgan fingerprint density at radius 1 is 1.12 bits per heavy atom. The van der Waals surface area contributed by atoms with Crippen molar-refractivity contribution in [3.05, 3.63) is 60.0 Å². The topological polar surface area (TPSA) is 39.2 Å². The lowest BCUT2D eigenvalue weighted by Gasteiger charge is -2.02. The van der Waals surface area contributed by atoms with Crippen LogP contribution in [0.15, 0.2) is 48.7 Å². The summed E-state index contributed by atoms with van der Waals surface area (Å²) in [6.07, 6.45) is 1.52. The van der Waals surface area contributed by atoms with Crippen molar-refractivity contribution in [1.82, 2.24) is 4.98 Å². The summed E-state index contributed by atoms with van der Waals surface area (Å²) < 4.78 is 17.6. The molecule has 0 aliphatic rings. The van der Waals surface area contributed by atoms with Crippen LogP contribution in [0, 0.1) is 5.82 Å². The van der Waals surface area contributed by atoms with Crippen molar-refractivity contribution < 1.29 is 13.9 Å². The van der Waals surface area contributed by atoms with E-state index in [9.17, 15) is 9.18 Å². The number of pyridine rings is 1. The molecule has 0 bridgehead atoms. The molecular weight excluding hydrogens is 245 g/mol. The highest BCUT2D eigenvalue weighted by Crippen LogP contribution is 2.09. The van der Waals surface area contributed by atoms with Gasteiger partial charge in [0.25, 0.3) is 0 Å². The largest absolute Gasteiger partial charge is 0.404 e. The molecule has 0 amide bonds. The summed E-state index contributed by atoms with van der Waals surface area (Å²) in [5, 5.41) is 0. The molecule has 0 unspecified atom stereocenters. The first-order valence-electron chi connectivity index (χ1n) is 4.64. The lowest BCUT2D eigenvalue weighted by Crippen LogP contribution is -2.09. The molecule has 0 N–H and O–H groups in total. The van der Waals surface area contributed by atoms with E-state index in [1.807, 2.05) is 0 Å². The van der Waals surface area contributed by atoms with Gasteiger partial charge in [-0.1, -0.05) is 6.07 Å². The highest BCUT2D eigenvalue weighted by Gasteiger charge is 2.08. The van der Waals surface area contributed by atoms with Gasteiger partial charge in [-0.25, -0.2) is 14.2 Å². The molecule has 3 nitrogen and oxygen atoms in total. The summed E-state index contributed by atoms with van der Waals surface area (Å²) in [5.41, 5.74) is 0.284. The Labute approximate surface area is 104 Å². The lowest BCUT2D eigenvalue weighted by atomic mass is 10.2. The van der Waals surface area contributed by atoms with Crippen LogP contribution < -0.4 is 4.74 Å². The molecule has 1 aromatic heterocycles. The summed E-state index contributed by atoms with van der Waals surface area (Å²) in [4.78, 5) is 15.4. The zero-order valence-corrected chi connectivity index (χ0v) is 9.49. The molecule has 5 heteroatoms. The van der Waals surface area contributed by atoms with Gasteiger partial charge in [0.1, 0.15) is 5.82 Å². The van der Waals surface area contributed by atoms with Crippen LogP contribution in [-0.2, 0) is 0 Å². The Bertz CT molecular complexity index is 488. The Hall–Kier alpha value is -1.94. The summed E-state index contributed by atoms with van der Waals surface area (Å²) in [5.74, 6) is -0.732. The van der Waals surface area contributed by atoms with Crippen molar-refractivity contribution in [3.8, 4) is 5.88 Å². The van der Waals surface area contributed by atoms with E-state index in [0.29, 0.717) is 0 Å². The summed E-state index contributed by atoms with van der Waals surface area (Å²) in [7, 11) is 0. The van der Waals surface area contributed by atoms with Crippen LogP contribution in [0.25, 0.3) is 0 Å². The van der Waals surface area contributed by atoms with Crippen LogP contribution in [0.4, 0.5) is 4.39 Å². The molecule has 2 rings (SSSR count). The number of hydrogen-bond donors (Lipinski definition) is 0. The molecule has 0 fully saturated rings. The molecule has 1 aromatic carbocycles. The van der Waals surface area contributed by atoms with Crippen LogP contribution >= 0.6 is 12.4 Å². The van der Waals surface area contributed by atoms with Crippen molar-refractivity contribution in [3.63, 3.8) is 0 Å². The fraction of sp³-hybridized carbons (Fsp3) is 0. The highest BCUT2D eigenvalue weighted by molar-refractivity contribution is 5.90. The molecule has 17 heavy (non-hydrogen) atoms. The normalized spacial score (nSPS) is 9.24. The van der Waals surface area contributed by atoms with E-state index in [2.05, 4.69) is 4.98 Å². The average molecular weight is 254 g/mol. The summed E-state index contributed by atoms with van der Waals surface area (Å²) >= 11 is 0. The minimum absolute atomic E-state index is 0. The highest BCUT2D eigenvalue weighted by atomic mass is 35.5. The van der Waals surface area contributed by atoms with Crippen molar-refractivity contribution in [1.29, 1.82) is 0 Å². The SMILES string of the molecule is Cl.O=C(Oc1ccccn1)c1ccc(F)cc1. The van der Waals surface area contributed by atoms with Crippen LogP contribution in [0.3, 0.4) is 0 Å². The maximum absolute atomic E-state index is 12.6. The van der Waals surface area contributed by atoms with E-state index in [-0.39, 0.29) is 23.9 Å². The minimum Gasteiger partial charge on any atom is -0.404 e. The molecule has 0 saturated heterocycles. The second-order valence-corrected chi connectivity index (χ2v) is 3.06. The van der Waals surface area contributed by atoms with Gasteiger partial charge in [-0.15, -0.1) is 12.4 Å². The molecule has 0 aliphatic carbocycles. The number of aromatic nitrogens is 1. The van der Waals surface area contributed by atoms with Gasteiger partial charge in [0.05, 0.1) is 5.56 Å². The predicted molar refractivity (Wildman–Crippen MR) is 62.8 cm³/mol. The quantitative estimate of drug-likeness (QED) is 0.773. The second-order valence-electron chi connectivity index (χ2n) is 3.06. The van der Waals surface area contributed by atoms with Gasteiger partial charge in [0.2, 0.25) is 5.88 Å². The molecular formula is C12H9ClFNO2. The zero-order chi connectivity index (χ0) is 11.4. The molecule has 0 saturated carbocycles. The first kappa shape index (κ1) is 13.1. The fourth-order valence-corrected chi connectivity index (χ4v) is 1.15. The zero-order valence-electron chi connectivity index (χ0n) is 8.67. The monoisotopic (exact) mass is 253 g/mol. The van der Waals surface area contributed by atoms with Crippen LogP contribution in [-0.4, -0.2) is 11.0 Å². The van der Waals surface area contributed by atoms with E-state index in [4.69, 9.17) is 4.74 Å². The van der Waals surface area contributed by atoms with Gasteiger partial charge in [0, 0.05) is 12.3 Å². The maximum atomic E-state index is 12.6. The van der Waals surface area contributed by atoms with Crippen LogP contribution in [0.5, 0.6) is 5.88 Å². The summed E-state index contributed by atoms with van der Waals surface area (Å²) in [6, 6.07) is 10.1. The summed E-state index contributed by atoms with van der Waals surface area (Å²) in [6.45, 7) is 0. The Morgan fingerprint density at radius 3 is 2.41 bits per heavy atom. The molecule has 88 valence electrons. The molecule has 2 aromatic rings. The van der Waals surface area contributed by atoms with Gasteiger partial charge >= 0.3 is 5.97 Å². The molecule has 0 aliphatic heterocycles. The number of carbonyl (C=O) groups is 1. The minimum atomic E-state index is -0.557. The number of ether oxygens (including phenoxy) is 1. The molecule has 1 heterocycles. The standard InChI is InChI=1S/C12H8FNO2.ClH/c13-10-6-4-9(5-7-10)12(15)16-11-3-1-2-8-14-11;/h1-8H;1H. The van der Waals surface area contributed by atoms with Crippen LogP contribution in [0.1, 0.15) is 10.4 Å². The average Bonchev–Trinajstić information content (AvgIpc) is 2.31. The number of nitrogens with zero attached hydrogens (tertiary/aromatic N) is 1. The van der Waals surface area contributed by atoms with E-state index >= 15 is 0 Å². The van der Waals surface area contributed by atoms with Gasteiger partial charge < -0.3 is 4.74 Å². The van der Waals surface area contributed by atoms with E-state index < -0.39 is 11.8 Å². The van der Waals surface area contributed by atoms with Crippen molar-refractivity contribution >= 4 is 18.4 Å². The molecule has 0 atom stereocenters. The lowest BCUT2D eigenvalue weighted by molar-refractivity contribution is 0.0727. The number of hydrogen-bond acceptors (Lipinski definition) is 3. The number of halogens is 2. The van der Waals surface area contributed by atoms with E-state index in [1.165, 1.54) is 30.5 Å². The van der Waals surface area contributed by atoms with Crippen molar-refractivity contribution in [2.24, 2.45) is 0 Å². The second kappa shape index (κ2) is 5.96. The van der Waals surface area contributed by atoms with Crippen LogP contribution in [0.2, 0.25) is 0 Å². The smallest absolute Gasteiger partial charge is 0.344 e. The van der Waals surface area contributed by atoms with E-state index in [0.717, 1.165) is 0 Å². The number of rotatable bonds is 2. The maximum Gasteiger partial charge on any atom is 0.344 e. The van der Waals surface area contributed by atoms with Gasteiger partial charge in [-0.3, -0.25) is 0 Å². The number of benzene rings is 1. The van der Waals surface area contributed by atoms with Crippen molar-refractivity contribution in [2.75, 3.05) is 0 Å². The third-order valence-corrected chi connectivity index (χ3v) is 1.91. The van der Waals surface area contributed by atoms with Gasteiger partial charge in [0.15, 0.2) is 0 Å².